The van der Waals surface area contributed by atoms with Crippen LogP contribution in [0.1, 0.15) is 19.8 Å². The Bertz CT molecular complexity index is 702. The lowest BCUT2D eigenvalue weighted by molar-refractivity contribution is -0.141. The number of nitrogens with one attached hydrogen (secondary N) is 4. The number of nitrogens with two attached hydrogens (primary N) is 1. The monoisotopic (exact) mass is 557 g/mol. The van der Waals surface area contributed by atoms with Crippen LogP contribution in [0, 0.1) is 0 Å². The Labute approximate surface area is 219 Å². The van der Waals surface area contributed by atoms with Gasteiger partial charge in [0.2, 0.25) is 23.6 Å². The molecule has 4 amide bonds. The van der Waals surface area contributed by atoms with Crippen molar-refractivity contribution in [2.24, 2.45) is 5.73 Å². The number of carbonyl (C=O) groups excluding carboxylic acids is 4. The van der Waals surface area contributed by atoms with E-state index in [1.165, 1.54) is 30.4 Å². The Balaban J connectivity index is 5.22. The fourth-order valence-electron chi connectivity index (χ4n) is 2.50. The number of amides is 4. The molecule has 11 nitrogen and oxygen atoms in total. The lowest BCUT2D eigenvalue weighted by atomic mass is 10.1. The van der Waals surface area contributed by atoms with Gasteiger partial charge in [-0.25, -0.2) is 4.79 Å². The molecule has 196 valence electrons. The predicted octanol–water partition coefficient (Wildman–Crippen LogP) is -1.28. The number of aliphatic carboxylic acids is 1. The third-order valence-corrected chi connectivity index (χ3v) is 6.62. The summed E-state index contributed by atoms with van der Waals surface area (Å²) >= 11 is 10.8. The smallest absolute Gasteiger partial charge is 0.327 e. The molecule has 0 saturated heterocycles. The molecule has 5 atom stereocenters. The second-order valence-corrected chi connectivity index (χ2v) is 9.99. The molecule has 0 aliphatic carbocycles. The number of carboxylic acid groups (broad SMARTS) is 1. The Morgan fingerprint density at radius 3 is 1.62 bits per heavy atom. The molecule has 0 aromatic rings. The van der Waals surface area contributed by atoms with E-state index in [-0.39, 0.29) is 17.9 Å². The Morgan fingerprint density at radius 1 is 0.765 bits per heavy atom. The van der Waals surface area contributed by atoms with Gasteiger partial charge in [-0.15, -0.1) is 0 Å². The summed E-state index contributed by atoms with van der Waals surface area (Å²) in [5, 5.41) is 19.1. The normalized spacial score (nSPS) is 15.2. The summed E-state index contributed by atoms with van der Waals surface area (Å²) in [5.74, 6) is -2.51. The van der Waals surface area contributed by atoms with Gasteiger partial charge in [0, 0.05) is 11.5 Å². The first-order chi connectivity index (χ1) is 16.0. The molecule has 0 aromatic carbocycles. The molecule has 0 saturated carbocycles. The van der Waals surface area contributed by atoms with Crippen LogP contribution >= 0.6 is 48.8 Å². The highest BCUT2D eigenvalue weighted by atomic mass is 32.2. The van der Waals surface area contributed by atoms with Crippen molar-refractivity contribution < 1.29 is 29.1 Å². The van der Waals surface area contributed by atoms with Crippen LogP contribution in [-0.4, -0.2) is 100 Å². The highest BCUT2D eigenvalue weighted by Crippen LogP contribution is 2.05. The van der Waals surface area contributed by atoms with Crippen molar-refractivity contribution in [3.63, 3.8) is 0 Å². The van der Waals surface area contributed by atoms with Gasteiger partial charge in [0.05, 0.1) is 6.04 Å². The fourth-order valence-corrected chi connectivity index (χ4v) is 3.86. The third-order valence-electron chi connectivity index (χ3n) is 4.57. The maximum atomic E-state index is 12.7. The minimum atomic E-state index is -1.24. The minimum absolute atomic E-state index is 0.108. The maximum absolute atomic E-state index is 12.7. The average molecular weight is 558 g/mol. The Kier molecular flexibility index (Phi) is 17.4. The predicted molar refractivity (Wildman–Crippen MR) is 143 cm³/mol. The van der Waals surface area contributed by atoms with E-state index in [0.717, 1.165) is 0 Å². The Hall–Kier alpha value is -1.29. The van der Waals surface area contributed by atoms with Gasteiger partial charge in [-0.05, 0) is 43.8 Å². The van der Waals surface area contributed by atoms with Gasteiger partial charge < -0.3 is 32.1 Å². The Morgan fingerprint density at radius 2 is 1.21 bits per heavy atom. The molecule has 0 spiro atoms. The van der Waals surface area contributed by atoms with Crippen LogP contribution in [0.25, 0.3) is 0 Å². The van der Waals surface area contributed by atoms with Gasteiger partial charge in [-0.2, -0.15) is 48.8 Å². The van der Waals surface area contributed by atoms with Crippen LogP contribution in [0.5, 0.6) is 0 Å². The molecule has 0 aliphatic heterocycles. The summed E-state index contributed by atoms with van der Waals surface area (Å²) in [7, 11) is 0. The van der Waals surface area contributed by atoms with E-state index in [9.17, 15) is 24.0 Å². The summed E-state index contributed by atoms with van der Waals surface area (Å²) in [6.45, 7) is 1.44. The van der Waals surface area contributed by atoms with E-state index >= 15 is 0 Å². The summed E-state index contributed by atoms with van der Waals surface area (Å²) in [6, 6.07) is -5.00. The average Bonchev–Trinajstić information content (AvgIpc) is 2.80. The summed E-state index contributed by atoms with van der Waals surface area (Å²) in [4.78, 5) is 61.3. The third kappa shape index (κ3) is 12.4. The van der Waals surface area contributed by atoms with Gasteiger partial charge in [-0.1, -0.05) is 0 Å². The molecule has 7 N–H and O–H groups in total. The fraction of sp³-hybridized carbons (Fsp3) is 0.737. The number of carbonyl (C=O) groups is 5. The summed E-state index contributed by atoms with van der Waals surface area (Å²) in [6.07, 6.45) is 4.27. The number of rotatable bonds is 17. The zero-order valence-electron chi connectivity index (χ0n) is 19.4. The number of thiol groups is 2. The largest absolute Gasteiger partial charge is 0.480 e. The molecule has 15 heteroatoms. The van der Waals surface area contributed by atoms with Crippen molar-refractivity contribution in [1.29, 1.82) is 0 Å². The second-order valence-electron chi connectivity index (χ2n) is 7.29. The SMILES string of the molecule is CSCC[C@H](NC(=O)[C@H](C)NC(=O)[C@H](CCSC)NC(=O)[C@@H](N)CS)C(=O)N[C@@H](CS)C(=O)O. The van der Waals surface area contributed by atoms with Crippen LogP contribution in [0.15, 0.2) is 0 Å². The van der Waals surface area contributed by atoms with Gasteiger partial charge >= 0.3 is 5.97 Å². The number of carboxylic acids is 1. The van der Waals surface area contributed by atoms with Crippen molar-refractivity contribution in [3.05, 3.63) is 0 Å². The van der Waals surface area contributed by atoms with Crippen LogP contribution in [0.2, 0.25) is 0 Å². The molecule has 0 unspecified atom stereocenters. The number of thioether (sulfide) groups is 2. The molecule has 34 heavy (non-hydrogen) atoms. The van der Waals surface area contributed by atoms with E-state index < -0.39 is 59.8 Å². The lowest BCUT2D eigenvalue weighted by Gasteiger charge is -2.24. The molecule has 0 rings (SSSR count). The lowest BCUT2D eigenvalue weighted by Crippen LogP contribution is -2.58. The molecule has 0 bridgehead atoms. The van der Waals surface area contributed by atoms with Crippen molar-refractivity contribution in [3.8, 4) is 0 Å². The van der Waals surface area contributed by atoms with Crippen LogP contribution in [-0.2, 0) is 24.0 Å². The minimum Gasteiger partial charge on any atom is -0.480 e. The number of hydrogen-bond acceptors (Lipinski definition) is 10. The van der Waals surface area contributed by atoms with Gasteiger partial charge in [0.15, 0.2) is 0 Å². The van der Waals surface area contributed by atoms with E-state index in [4.69, 9.17) is 10.8 Å². The molecular weight excluding hydrogens is 523 g/mol. The molecule has 0 aromatic heterocycles. The zero-order valence-corrected chi connectivity index (χ0v) is 22.8. The standard InChI is InChI=1S/C19H35N5O6S4/c1-10(21-17(27)12(4-6-33-2)23-16(26)11(20)8-31)15(25)22-13(5-7-34-3)18(28)24-14(9-32)19(29)30/h10-14,31-32H,4-9,20H2,1-3H3,(H,21,27)(H,22,25)(H,23,26)(H,24,28)(H,29,30)/t10-,11-,12-,13-,14-/m0/s1. The van der Waals surface area contributed by atoms with Crippen molar-refractivity contribution in [2.75, 3.05) is 35.5 Å². The maximum Gasteiger partial charge on any atom is 0.327 e. The molecule has 0 radical (unpaired) electrons. The van der Waals surface area contributed by atoms with Crippen molar-refractivity contribution in [2.45, 2.75) is 50.0 Å². The first-order valence-corrected chi connectivity index (χ1v) is 14.5. The first-order valence-electron chi connectivity index (χ1n) is 10.4. The summed E-state index contributed by atoms with van der Waals surface area (Å²) < 4.78 is 0. The van der Waals surface area contributed by atoms with Crippen LogP contribution in [0.4, 0.5) is 0 Å². The molecule has 0 heterocycles. The molecular formula is C19H35N5O6S4. The zero-order chi connectivity index (χ0) is 26.3. The molecule has 0 aliphatic rings. The van der Waals surface area contributed by atoms with E-state index in [2.05, 4.69) is 46.5 Å². The van der Waals surface area contributed by atoms with Crippen molar-refractivity contribution in [1.82, 2.24) is 21.3 Å². The summed E-state index contributed by atoms with van der Waals surface area (Å²) in [5.41, 5.74) is 5.66. The topological polar surface area (TPSA) is 180 Å². The van der Waals surface area contributed by atoms with Crippen molar-refractivity contribution >= 4 is 78.4 Å². The second kappa shape index (κ2) is 18.0. The van der Waals surface area contributed by atoms with Gasteiger partial charge in [-0.3, -0.25) is 19.2 Å². The quantitative estimate of drug-likeness (QED) is 0.101. The number of hydrogen-bond donors (Lipinski definition) is 8. The highest BCUT2D eigenvalue weighted by Gasteiger charge is 2.29. The van der Waals surface area contributed by atoms with E-state index in [0.29, 0.717) is 17.9 Å². The first kappa shape index (κ1) is 32.7. The molecule has 0 fully saturated rings. The highest BCUT2D eigenvalue weighted by molar-refractivity contribution is 7.98. The van der Waals surface area contributed by atoms with Gasteiger partial charge in [0.25, 0.3) is 0 Å². The van der Waals surface area contributed by atoms with E-state index in [1.54, 1.807) is 0 Å². The van der Waals surface area contributed by atoms with Crippen LogP contribution < -0.4 is 27.0 Å². The van der Waals surface area contributed by atoms with E-state index in [1.807, 2.05) is 12.5 Å². The van der Waals surface area contributed by atoms with Crippen LogP contribution in [0.3, 0.4) is 0 Å². The van der Waals surface area contributed by atoms with Gasteiger partial charge in [0.1, 0.15) is 24.2 Å².